The van der Waals surface area contributed by atoms with Crippen LogP contribution >= 0.6 is 0 Å². The summed E-state index contributed by atoms with van der Waals surface area (Å²) >= 11 is 0. The van der Waals surface area contributed by atoms with Crippen LogP contribution in [0.5, 0.6) is 5.75 Å². The molecule has 33 heavy (non-hydrogen) atoms. The second kappa shape index (κ2) is 8.89. The Balaban J connectivity index is 1.58. The average molecular weight is 429 g/mol. The molecule has 0 radical (unpaired) electrons. The molecule has 5 heteroatoms. The van der Waals surface area contributed by atoms with Crippen molar-refractivity contribution in [3.8, 4) is 11.8 Å². The molecule has 3 aromatic rings. The lowest BCUT2D eigenvalue weighted by atomic mass is 9.95. The predicted molar refractivity (Wildman–Crippen MR) is 130 cm³/mol. The summed E-state index contributed by atoms with van der Waals surface area (Å²) in [6.07, 6.45) is 8.87. The van der Waals surface area contributed by atoms with E-state index in [1.165, 1.54) is 0 Å². The highest BCUT2D eigenvalue weighted by Gasteiger charge is 2.27. The highest BCUT2D eigenvalue weighted by Crippen LogP contribution is 2.31. The van der Waals surface area contributed by atoms with Gasteiger partial charge in [0.05, 0.1) is 11.3 Å². The molecule has 1 heterocycles. The molecule has 1 atom stereocenters. The highest BCUT2D eigenvalue weighted by atomic mass is 16.5. The van der Waals surface area contributed by atoms with E-state index in [1.807, 2.05) is 72.8 Å². The van der Waals surface area contributed by atoms with Crippen LogP contribution in [0.1, 0.15) is 11.1 Å². The molecule has 0 saturated heterocycles. The number of aliphatic imine (C=N–C) groups is 2. The predicted octanol–water partition coefficient (Wildman–Crippen LogP) is 5.45. The number of hydrogen-bond donors (Lipinski definition) is 0. The number of rotatable bonds is 5. The smallest absolute Gasteiger partial charge is 0.260 e. The summed E-state index contributed by atoms with van der Waals surface area (Å²) in [4.78, 5) is 21.1. The number of amidine groups is 1. The van der Waals surface area contributed by atoms with Gasteiger partial charge in [0.2, 0.25) is 0 Å². The van der Waals surface area contributed by atoms with Gasteiger partial charge in [0.25, 0.3) is 5.91 Å². The van der Waals surface area contributed by atoms with Crippen molar-refractivity contribution in [2.24, 2.45) is 15.9 Å². The van der Waals surface area contributed by atoms with E-state index in [2.05, 4.69) is 16.1 Å². The molecule has 0 bridgehead atoms. The lowest BCUT2D eigenvalue weighted by Crippen LogP contribution is -2.27. The number of fused-ring (bicyclic) bond motifs is 2. The van der Waals surface area contributed by atoms with Gasteiger partial charge < -0.3 is 4.74 Å². The number of hydrogen-bond acceptors (Lipinski definition) is 4. The van der Waals surface area contributed by atoms with Crippen LogP contribution in [0.25, 0.3) is 16.8 Å². The van der Waals surface area contributed by atoms with Gasteiger partial charge in [0.1, 0.15) is 24.3 Å². The van der Waals surface area contributed by atoms with E-state index >= 15 is 0 Å². The second-order valence-electron chi connectivity index (χ2n) is 7.67. The lowest BCUT2D eigenvalue weighted by molar-refractivity contribution is -0.118. The molecule has 158 valence electrons. The first kappa shape index (κ1) is 20.3. The van der Waals surface area contributed by atoms with E-state index in [9.17, 15) is 10.1 Å². The zero-order valence-corrected chi connectivity index (χ0v) is 17.7. The molecule has 0 N–H and O–H groups in total. The van der Waals surface area contributed by atoms with Crippen LogP contribution in [0.4, 0.5) is 0 Å². The molecular formula is C28H19N3O2. The van der Waals surface area contributed by atoms with Crippen molar-refractivity contribution in [1.82, 2.24) is 0 Å². The Morgan fingerprint density at radius 1 is 1.00 bits per heavy atom. The molecule has 1 unspecified atom stereocenters. The summed E-state index contributed by atoms with van der Waals surface area (Å²) in [5.41, 5.74) is 2.58. The first-order valence-corrected chi connectivity index (χ1v) is 10.6. The fourth-order valence-corrected chi connectivity index (χ4v) is 3.87. The molecule has 5 nitrogen and oxygen atoms in total. The van der Waals surface area contributed by atoms with Crippen molar-refractivity contribution in [3.63, 3.8) is 0 Å². The van der Waals surface area contributed by atoms with Gasteiger partial charge in [-0.05, 0) is 34.6 Å². The Hall–Kier alpha value is -4.56. The van der Waals surface area contributed by atoms with Crippen molar-refractivity contribution in [2.75, 3.05) is 0 Å². The van der Waals surface area contributed by atoms with Gasteiger partial charge in [0.15, 0.2) is 5.84 Å². The van der Waals surface area contributed by atoms with Gasteiger partial charge in [-0.1, -0.05) is 78.9 Å². The van der Waals surface area contributed by atoms with Crippen LogP contribution in [0, 0.1) is 17.2 Å². The summed E-state index contributed by atoms with van der Waals surface area (Å²) in [5.74, 6) is -0.0501. The fourth-order valence-electron chi connectivity index (χ4n) is 3.87. The van der Waals surface area contributed by atoms with Crippen molar-refractivity contribution < 1.29 is 9.53 Å². The Morgan fingerprint density at radius 3 is 2.67 bits per heavy atom. The third-order valence-electron chi connectivity index (χ3n) is 5.54. The molecule has 2 aliphatic rings. The van der Waals surface area contributed by atoms with Gasteiger partial charge in [0, 0.05) is 5.56 Å². The van der Waals surface area contributed by atoms with Crippen LogP contribution in [0.3, 0.4) is 0 Å². The Bertz CT molecular complexity index is 1440. The minimum absolute atomic E-state index is 0.121. The maximum Gasteiger partial charge on any atom is 0.260 e. The van der Waals surface area contributed by atoms with Crippen molar-refractivity contribution in [2.45, 2.75) is 6.61 Å². The van der Waals surface area contributed by atoms with Crippen LogP contribution in [0.2, 0.25) is 0 Å². The standard InChI is InChI=1S/C28H19N3O2/c29-17-21(27-30-25-13-7-6-12-23(25)28(32)31-27)16-24-22-11-5-4-10-20(22)14-15-26(24)33-18-19-8-2-1-3-9-19/h1-16,23H,18H2/b21-16+. The lowest BCUT2D eigenvalue weighted by Gasteiger charge is -2.17. The number of ether oxygens (including phenoxy) is 1. The number of carbonyl (C=O) groups excluding carboxylic acids is 1. The maximum atomic E-state index is 12.5. The Morgan fingerprint density at radius 2 is 1.82 bits per heavy atom. The van der Waals surface area contributed by atoms with E-state index in [0.29, 0.717) is 18.1 Å². The van der Waals surface area contributed by atoms with Gasteiger partial charge in [-0.15, -0.1) is 0 Å². The average Bonchev–Trinajstić information content (AvgIpc) is 2.87. The molecular weight excluding hydrogens is 410 g/mol. The number of nitriles is 1. The van der Waals surface area contributed by atoms with Crippen LogP contribution < -0.4 is 4.74 Å². The first-order chi connectivity index (χ1) is 16.2. The van der Waals surface area contributed by atoms with E-state index in [1.54, 1.807) is 24.3 Å². The van der Waals surface area contributed by atoms with E-state index in [4.69, 9.17) is 4.74 Å². The van der Waals surface area contributed by atoms with Crippen molar-refractivity contribution in [3.05, 3.63) is 108 Å². The molecule has 5 rings (SSSR count). The highest BCUT2D eigenvalue weighted by molar-refractivity contribution is 6.26. The zero-order valence-electron chi connectivity index (χ0n) is 17.7. The van der Waals surface area contributed by atoms with Crippen LogP contribution in [-0.4, -0.2) is 17.5 Å². The minimum atomic E-state index is -0.485. The van der Waals surface area contributed by atoms with Crippen molar-refractivity contribution in [1.29, 1.82) is 5.26 Å². The molecule has 0 fully saturated rings. The third-order valence-corrected chi connectivity index (χ3v) is 5.54. The molecule has 0 saturated carbocycles. The molecule has 0 aromatic heterocycles. The maximum absolute atomic E-state index is 12.5. The third kappa shape index (κ3) is 4.15. The number of carbonyl (C=O) groups is 1. The first-order valence-electron chi connectivity index (χ1n) is 10.6. The summed E-state index contributed by atoms with van der Waals surface area (Å²) in [5, 5.41) is 11.9. The van der Waals surface area contributed by atoms with Crippen molar-refractivity contribution >= 4 is 34.3 Å². The number of amides is 1. The Labute approximate surface area is 191 Å². The number of nitrogens with zero attached hydrogens (tertiary/aromatic N) is 3. The van der Waals surface area contributed by atoms with Gasteiger partial charge in [-0.2, -0.15) is 10.3 Å². The van der Waals surface area contributed by atoms with E-state index < -0.39 is 5.92 Å². The van der Waals surface area contributed by atoms with E-state index in [0.717, 1.165) is 21.9 Å². The monoisotopic (exact) mass is 429 g/mol. The molecule has 1 amide bonds. The topological polar surface area (TPSA) is 74.8 Å². The summed E-state index contributed by atoms with van der Waals surface area (Å²) in [7, 11) is 0. The quantitative estimate of drug-likeness (QED) is 0.506. The van der Waals surface area contributed by atoms with Crippen LogP contribution in [-0.2, 0) is 11.4 Å². The number of benzene rings is 3. The minimum Gasteiger partial charge on any atom is -0.488 e. The second-order valence-corrected chi connectivity index (χ2v) is 7.67. The molecule has 1 aliphatic heterocycles. The van der Waals surface area contributed by atoms with Gasteiger partial charge >= 0.3 is 0 Å². The fraction of sp³-hybridized carbons (Fsp3) is 0.0714. The zero-order chi connectivity index (χ0) is 22.6. The molecule has 3 aromatic carbocycles. The molecule has 1 aliphatic carbocycles. The largest absolute Gasteiger partial charge is 0.488 e. The summed E-state index contributed by atoms with van der Waals surface area (Å²) < 4.78 is 6.15. The van der Waals surface area contributed by atoms with E-state index in [-0.39, 0.29) is 17.3 Å². The Kier molecular flexibility index (Phi) is 5.48. The van der Waals surface area contributed by atoms with Gasteiger partial charge in [-0.25, -0.2) is 4.99 Å². The molecule has 0 spiro atoms. The van der Waals surface area contributed by atoms with Crippen LogP contribution in [0.15, 0.2) is 107 Å². The normalized spacial score (nSPS) is 17.2. The van der Waals surface area contributed by atoms with Gasteiger partial charge in [-0.3, -0.25) is 4.79 Å². The SMILES string of the molecule is N#C/C(=C\c1c(OCc2ccccc2)ccc2ccccc12)C1=NC(=O)C2C=CC=CC2=N1. The summed E-state index contributed by atoms with van der Waals surface area (Å²) in [6, 6.07) is 23.8. The summed E-state index contributed by atoms with van der Waals surface area (Å²) in [6.45, 7) is 0.391. The number of allylic oxidation sites excluding steroid dienone is 3.